The number of aromatic nitrogens is 3. The van der Waals surface area contributed by atoms with Gasteiger partial charge in [-0.2, -0.15) is 0 Å². The number of carbonyl (C=O) groups excluding carboxylic acids is 1. The lowest BCUT2D eigenvalue weighted by atomic mass is 9.96. The van der Waals surface area contributed by atoms with Crippen LogP contribution in [0.1, 0.15) is 46.2 Å². The Kier molecular flexibility index (Phi) is 4.62. The van der Waals surface area contributed by atoms with Gasteiger partial charge in [0.15, 0.2) is 0 Å². The molecule has 1 saturated heterocycles. The Hall–Kier alpha value is -2.34. The number of likely N-dealkylation sites (tertiary alicyclic amines) is 1. The molecule has 120 valence electrons. The Balaban J connectivity index is 1.71. The van der Waals surface area contributed by atoms with E-state index in [1.54, 1.807) is 12.4 Å². The van der Waals surface area contributed by atoms with Gasteiger partial charge in [0.1, 0.15) is 5.82 Å². The second kappa shape index (κ2) is 6.83. The van der Waals surface area contributed by atoms with Crippen LogP contribution in [0, 0.1) is 6.92 Å². The van der Waals surface area contributed by atoms with Gasteiger partial charge in [0.05, 0.1) is 11.3 Å². The smallest absolute Gasteiger partial charge is 0.252 e. The summed E-state index contributed by atoms with van der Waals surface area (Å²) in [6.07, 6.45) is 7.44. The summed E-state index contributed by atoms with van der Waals surface area (Å²) in [5.74, 6) is 0.625. The summed E-state index contributed by atoms with van der Waals surface area (Å²) in [6, 6.07) is 4.06. The van der Waals surface area contributed by atoms with Gasteiger partial charge in [0.25, 0.3) is 5.91 Å². The fraction of sp³-hybridized carbons (Fsp3) is 0.412. The highest BCUT2D eigenvalue weighted by molar-refractivity contribution is 5.93. The van der Waals surface area contributed by atoms with E-state index in [0.29, 0.717) is 17.2 Å². The van der Waals surface area contributed by atoms with E-state index in [2.05, 4.69) is 25.9 Å². The highest BCUT2D eigenvalue weighted by Gasteiger charge is 2.24. The highest BCUT2D eigenvalue weighted by Crippen LogP contribution is 2.25. The van der Waals surface area contributed by atoms with Crippen molar-refractivity contribution in [2.24, 2.45) is 5.73 Å². The number of piperidine rings is 1. The lowest BCUT2D eigenvalue weighted by Crippen LogP contribution is -2.34. The molecule has 0 saturated carbocycles. The molecule has 2 aromatic rings. The quantitative estimate of drug-likeness (QED) is 0.928. The number of nitrogens with zero attached hydrogens (tertiary/aromatic N) is 4. The fourth-order valence-corrected chi connectivity index (χ4v) is 3.08. The molecule has 6 heteroatoms. The van der Waals surface area contributed by atoms with Crippen molar-refractivity contribution in [1.29, 1.82) is 0 Å². The molecule has 2 N–H and O–H groups in total. The summed E-state index contributed by atoms with van der Waals surface area (Å²) in [5, 5.41) is 0. The van der Waals surface area contributed by atoms with Crippen LogP contribution in [0.4, 0.5) is 0 Å². The van der Waals surface area contributed by atoms with Gasteiger partial charge in [-0.25, -0.2) is 9.97 Å². The minimum atomic E-state index is -0.476. The maximum Gasteiger partial charge on any atom is 0.252 e. The molecule has 1 aliphatic rings. The lowest BCUT2D eigenvalue weighted by Gasteiger charge is -2.32. The number of hydrogen-bond acceptors (Lipinski definition) is 5. The van der Waals surface area contributed by atoms with Crippen LogP contribution >= 0.6 is 0 Å². The largest absolute Gasteiger partial charge is 0.365 e. The van der Waals surface area contributed by atoms with Crippen molar-refractivity contribution in [3.63, 3.8) is 0 Å². The SMILES string of the molecule is Cc1nc([C@@H]2CCCN(Cc3cccnc3)C2)ncc1C(N)=O. The predicted molar refractivity (Wildman–Crippen MR) is 86.8 cm³/mol. The Morgan fingerprint density at radius 2 is 2.30 bits per heavy atom. The van der Waals surface area contributed by atoms with Crippen molar-refractivity contribution in [3.8, 4) is 0 Å². The Labute approximate surface area is 135 Å². The average Bonchev–Trinajstić information content (AvgIpc) is 2.55. The number of amides is 1. The molecule has 6 nitrogen and oxygen atoms in total. The van der Waals surface area contributed by atoms with Crippen molar-refractivity contribution < 1.29 is 4.79 Å². The van der Waals surface area contributed by atoms with Crippen molar-refractivity contribution in [3.05, 3.63) is 53.4 Å². The normalized spacial score (nSPS) is 18.7. The van der Waals surface area contributed by atoms with Crippen LogP contribution in [-0.2, 0) is 6.54 Å². The third-order valence-electron chi connectivity index (χ3n) is 4.26. The van der Waals surface area contributed by atoms with E-state index in [9.17, 15) is 4.79 Å². The number of rotatable bonds is 4. The maximum atomic E-state index is 11.3. The minimum Gasteiger partial charge on any atom is -0.365 e. The zero-order valence-corrected chi connectivity index (χ0v) is 13.3. The number of carbonyl (C=O) groups is 1. The van der Waals surface area contributed by atoms with E-state index in [1.165, 1.54) is 5.56 Å². The van der Waals surface area contributed by atoms with Crippen molar-refractivity contribution in [2.75, 3.05) is 13.1 Å². The van der Waals surface area contributed by atoms with E-state index in [4.69, 9.17) is 5.73 Å². The molecule has 23 heavy (non-hydrogen) atoms. The fourth-order valence-electron chi connectivity index (χ4n) is 3.08. The van der Waals surface area contributed by atoms with Crippen LogP contribution in [0.5, 0.6) is 0 Å². The molecule has 1 fully saturated rings. The molecular formula is C17H21N5O. The van der Waals surface area contributed by atoms with E-state index in [1.807, 2.05) is 19.2 Å². The van der Waals surface area contributed by atoms with Gasteiger partial charge >= 0.3 is 0 Å². The number of nitrogens with two attached hydrogens (primary N) is 1. The van der Waals surface area contributed by atoms with Gasteiger partial charge in [-0.1, -0.05) is 6.07 Å². The van der Waals surface area contributed by atoms with E-state index < -0.39 is 5.91 Å². The minimum absolute atomic E-state index is 0.293. The van der Waals surface area contributed by atoms with Crippen LogP contribution < -0.4 is 5.73 Å². The van der Waals surface area contributed by atoms with Crippen molar-refractivity contribution in [1.82, 2.24) is 19.9 Å². The molecular weight excluding hydrogens is 290 g/mol. The first-order valence-corrected chi connectivity index (χ1v) is 7.88. The third kappa shape index (κ3) is 3.71. The van der Waals surface area contributed by atoms with Gasteiger partial charge in [-0.15, -0.1) is 0 Å². The monoisotopic (exact) mass is 311 g/mol. The molecule has 3 heterocycles. The van der Waals surface area contributed by atoms with Gasteiger partial charge in [0, 0.05) is 37.6 Å². The first-order valence-electron chi connectivity index (χ1n) is 7.88. The first kappa shape index (κ1) is 15.6. The van der Waals surface area contributed by atoms with Gasteiger partial charge in [-0.3, -0.25) is 14.7 Å². The van der Waals surface area contributed by atoms with Crippen LogP contribution in [0.15, 0.2) is 30.7 Å². The summed E-state index contributed by atoms with van der Waals surface area (Å²) in [5.41, 5.74) is 7.59. The molecule has 0 bridgehead atoms. The zero-order chi connectivity index (χ0) is 16.2. The molecule has 0 spiro atoms. The number of primary amides is 1. The van der Waals surface area contributed by atoms with Crippen LogP contribution in [-0.4, -0.2) is 38.8 Å². The Morgan fingerprint density at radius 1 is 1.43 bits per heavy atom. The van der Waals surface area contributed by atoms with Crippen LogP contribution in [0.2, 0.25) is 0 Å². The molecule has 0 radical (unpaired) electrons. The van der Waals surface area contributed by atoms with E-state index in [0.717, 1.165) is 38.3 Å². The molecule has 1 aliphatic heterocycles. The van der Waals surface area contributed by atoms with Gasteiger partial charge in [-0.05, 0) is 37.9 Å². The topological polar surface area (TPSA) is 85.0 Å². The Morgan fingerprint density at radius 3 is 3.00 bits per heavy atom. The molecule has 1 amide bonds. The van der Waals surface area contributed by atoms with Gasteiger partial charge < -0.3 is 5.73 Å². The van der Waals surface area contributed by atoms with Crippen LogP contribution in [0.25, 0.3) is 0 Å². The predicted octanol–water partition coefficient (Wildman–Crippen LogP) is 1.66. The summed E-state index contributed by atoms with van der Waals surface area (Å²) >= 11 is 0. The molecule has 1 atom stereocenters. The molecule has 3 rings (SSSR count). The number of hydrogen-bond donors (Lipinski definition) is 1. The van der Waals surface area contributed by atoms with Crippen LogP contribution in [0.3, 0.4) is 0 Å². The summed E-state index contributed by atoms with van der Waals surface area (Å²) in [4.78, 5) is 26.8. The van der Waals surface area contributed by atoms with E-state index in [-0.39, 0.29) is 0 Å². The second-order valence-corrected chi connectivity index (χ2v) is 6.03. The third-order valence-corrected chi connectivity index (χ3v) is 4.26. The molecule has 2 aromatic heterocycles. The average molecular weight is 311 g/mol. The summed E-state index contributed by atoms with van der Waals surface area (Å²) in [7, 11) is 0. The maximum absolute atomic E-state index is 11.3. The zero-order valence-electron chi connectivity index (χ0n) is 13.3. The van der Waals surface area contributed by atoms with Crippen molar-refractivity contribution in [2.45, 2.75) is 32.2 Å². The number of pyridine rings is 1. The second-order valence-electron chi connectivity index (χ2n) is 6.03. The first-order chi connectivity index (χ1) is 11.1. The number of aryl methyl sites for hydroxylation is 1. The highest BCUT2D eigenvalue weighted by atomic mass is 16.1. The standard InChI is InChI=1S/C17H21N5O/c1-12-15(16(18)23)9-20-17(21-12)14-5-3-7-22(11-14)10-13-4-2-6-19-8-13/h2,4,6,8-9,14H,3,5,7,10-11H2,1H3,(H2,18,23)/t14-/m1/s1. The molecule has 0 unspecified atom stereocenters. The summed E-state index contributed by atoms with van der Waals surface area (Å²) in [6.45, 7) is 4.69. The van der Waals surface area contributed by atoms with Crippen molar-refractivity contribution >= 4 is 5.91 Å². The summed E-state index contributed by atoms with van der Waals surface area (Å²) < 4.78 is 0. The van der Waals surface area contributed by atoms with E-state index >= 15 is 0 Å². The molecule has 0 aromatic carbocycles. The Bertz CT molecular complexity index is 689. The lowest BCUT2D eigenvalue weighted by molar-refractivity contribution is 0.0998. The molecule has 0 aliphatic carbocycles. The van der Waals surface area contributed by atoms with Gasteiger partial charge in [0.2, 0.25) is 0 Å².